The molecule has 1 atom stereocenters. The first-order chi connectivity index (χ1) is 20.2. The van der Waals surface area contributed by atoms with Crippen LogP contribution >= 0.6 is 11.6 Å². The van der Waals surface area contributed by atoms with Crippen molar-refractivity contribution in [3.8, 4) is 11.4 Å². The summed E-state index contributed by atoms with van der Waals surface area (Å²) in [6.07, 6.45) is 2.51. The van der Waals surface area contributed by atoms with Gasteiger partial charge in [0.2, 0.25) is 0 Å². The fourth-order valence-corrected chi connectivity index (χ4v) is 7.14. The highest BCUT2D eigenvalue weighted by Gasteiger charge is 2.58. The quantitative estimate of drug-likeness (QED) is 0.282. The van der Waals surface area contributed by atoms with Gasteiger partial charge < -0.3 is 15.0 Å². The van der Waals surface area contributed by atoms with Gasteiger partial charge in [0.1, 0.15) is 16.4 Å². The zero-order valence-corrected chi connectivity index (χ0v) is 24.4. The molecule has 1 aliphatic carbocycles. The zero-order chi connectivity index (χ0) is 29.3. The number of pyridine rings is 1. The number of carbonyl (C=O) groups is 1. The van der Waals surface area contributed by atoms with Crippen LogP contribution in [-0.4, -0.2) is 55.2 Å². The van der Waals surface area contributed by atoms with Gasteiger partial charge in [0.05, 0.1) is 29.8 Å². The molecule has 12 heteroatoms. The second-order valence-electron chi connectivity index (χ2n) is 10.4. The topological polar surface area (TPSA) is 126 Å². The number of morpholine rings is 1. The third-order valence-electron chi connectivity index (χ3n) is 7.49. The smallest absolute Gasteiger partial charge is 0.324 e. The molecule has 1 saturated carbocycles. The maximum atomic E-state index is 13.9. The van der Waals surface area contributed by atoms with Gasteiger partial charge >= 0.3 is 6.03 Å². The van der Waals surface area contributed by atoms with Crippen molar-refractivity contribution in [1.29, 1.82) is 0 Å². The monoisotopic (exact) mass is 604 g/mol. The Labute approximate surface area is 249 Å². The minimum atomic E-state index is -3.75. The van der Waals surface area contributed by atoms with Crippen molar-refractivity contribution >= 4 is 44.8 Å². The summed E-state index contributed by atoms with van der Waals surface area (Å²) < 4.78 is 32.3. The van der Waals surface area contributed by atoms with Gasteiger partial charge in [-0.3, -0.25) is 5.32 Å². The third kappa shape index (κ3) is 5.55. The summed E-state index contributed by atoms with van der Waals surface area (Å²) in [7, 11) is -3.75. The van der Waals surface area contributed by atoms with Gasteiger partial charge in [0.25, 0.3) is 0 Å². The lowest BCUT2D eigenvalue weighted by Gasteiger charge is -2.34. The van der Waals surface area contributed by atoms with Gasteiger partial charge in [-0.05, 0) is 80.4 Å². The van der Waals surface area contributed by atoms with Crippen molar-refractivity contribution < 1.29 is 17.9 Å². The number of anilines is 3. The van der Waals surface area contributed by atoms with E-state index in [1.807, 2.05) is 6.07 Å². The Morgan fingerprint density at radius 3 is 2.45 bits per heavy atom. The molecule has 1 saturated heterocycles. The molecule has 42 heavy (non-hydrogen) atoms. The number of carbonyl (C=O) groups excluding carboxylic acids is 1. The number of hydrogen-bond acceptors (Lipinski definition) is 8. The van der Waals surface area contributed by atoms with Gasteiger partial charge in [0.15, 0.2) is 15.7 Å². The van der Waals surface area contributed by atoms with Crippen molar-refractivity contribution in [1.82, 2.24) is 15.0 Å². The summed E-state index contributed by atoms with van der Waals surface area (Å²) in [5.74, 6) is 1.49. The van der Waals surface area contributed by atoms with Crippen molar-refractivity contribution in [3.63, 3.8) is 0 Å². The van der Waals surface area contributed by atoms with Gasteiger partial charge in [-0.15, -0.1) is 0 Å². The predicted molar refractivity (Wildman–Crippen MR) is 162 cm³/mol. The molecule has 2 aliphatic rings. The Balaban J connectivity index is 1.33. The van der Waals surface area contributed by atoms with Crippen LogP contribution in [0.3, 0.4) is 0 Å². The first-order valence-corrected chi connectivity index (χ1v) is 15.4. The Morgan fingerprint density at radius 1 is 1.02 bits per heavy atom. The molecule has 0 spiro atoms. The number of benzene rings is 2. The number of hydrogen-bond donors (Lipinski definition) is 2. The number of sulfone groups is 1. The number of amides is 2. The third-order valence-corrected chi connectivity index (χ3v) is 10.3. The molecule has 0 radical (unpaired) electrons. The number of ether oxygens (including phenoxy) is 1. The summed E-state index contributed by atoms with van der Waals surface area (Å²) in [5, 5.41) is 5.94. The molecule has 10 nitrogen and oxygen atoms in total. The molecule has 1 aliphatic heterocycles. The Morgan fingerprint density at radius 2 is 1.79 bits per heavy atom. The van der Waals surface area contributed by atoms with Crippen LogP contribution in [0.4, 0.5) is 22.1 Å². The fourth-order valence-electron chi connectivity index (χ4n) is 5.04. The van der Waals surface area contributed by atoms with E-state index in [1.165, 1.54) is 0 Å². The first-order valence-electron chi connectivity index (χ1n) is 13.6. The number of nitrogens with one attached hydrogen (secondary N) is 2. The molecule has 3 heterocycles. The van der Waals surface area contributed by atoms with Crippen LogP contribution in [0, 0.1) is 0 Å². The van der Waals surface area contributed by atoms with E-state index in [1.54, 1.807) is 72.9 Å². The van der Waals surface area contributed by atoms with Gasteiger partial charge in [-0.1, -0.05) is 17.7 Å². The van der Waals surface area contributed by atoms with Gasteiger partial charge in [-0.2, -0.15) is 0 Å². The van der Waals surface area contributed by atoms with Crippen molar-refractivity contribution in [3.05, 3.63) is 89.7 Å². The molecule has 216 valence electrons. The number of rotatable bonds is 7. The number of halogens is 1. The Bertz CT molecular complexity index is 1700. The molecule has 2 aromatic heterocycles. The lowest BCUT2D eigenvalue weighted by atomic mass is 10.1. The summed E-state index contributed by atoms with van der Waals surface area (Å²) in [4.78, 5) is 28.5. The van der Waals surface area contributed by atoms with Crippen molar-refractivity contribution in [2.24, 2.45) is 0 Å². The maximum Gasteiger partial charge on any atom is 0.324 e. The van der Waals surface area contributed by atoms with Crippen LogP contribution in [0.1, 0.15) is 25.5 Å². The average molecular weight is 605 g/mol. The van der Waals surface area contributed by atoms with E-state index in [0.29, 0.717) is 72.0 Å². The van der Waals surface area contributed by atoms with Gasteiger partial charge in [0, 0.05) is 35.1 Å². The Kier molecular flexibility index (Phi) is 7.56. The first kappa shape index (κ1) is 28.1. The van der Waals surface area contributed by atoms with E-state index in [0.717, 1.165) is 0 Å². The lowest BCUT2D eigenvalue weighted by Crippen LogP contribution is -2.44. The minimum Gasteiger partial charge on any atom is -0.377 e. The molecule has 2 amide bonds. The highest BCUT2D eigenvalue weighted by atomic mass is 35.5. The molecule has 2 N–H and O–H groups in total. The zero-order valence-electron chi connectivity index (χ0n) is 22.8. The largest absolute Gasteiger partial charge is 0.377 e. The molecular formula is C30H29ClN6O4S. The average Bonchev–Trinajstić information content (AvgIpc) is 3.81. The van der Waals surface area contributed by atoms with Crippen LogP contribution < -0.4 is 15.5 Å². The Hall–Kier alpha value is -4.06. The number of aromatic nitrogens is 3. The SMILES string of the molecule is C[C@H]1COCCN1c1cc(C2(S(=O)(=O)c3ccc(Cl)cc3)CC2)nc(-c2ccc(NC(=O)Nc3ccccn3)cc2)n1. The van der Waals surface area contributed by atoms with Crippen LogP contribution in [0.15, 0.2) is 83.9 Å². The summed E-state index contributed by atoms with van der Waals surface area (Å²) >= 11 is 6.03. The summed E-state index contributed by atoms with van der Waals surface area (Å²) in [6, 6.07) is 20.0. The van der Waals surface area contributed by atoms with Gasteiger partial charge in [-0.25, -0.2) is 28.2 Å². The maximum absolute atomic E-state index is 13.9. The second kappa shape index (κ2) is 11.3. The number of nitrogens with zero attached hydrogens (tertiary/aromatic N) is 4. The second-order valence-corrected chi connectivity index (χ2v) is 13.1. The van der Waals surface area contributed by atoms with E-state index >= 15 is 0 Å². The van der Waals surface area contributed by atoms with Crippen LogP contribution in [0.25, 0.3) is 11.4 Å². The molecule has 4 aromatic rings. The van der Waals surface area contributed by atoms with Crippen LogP contribution in [-0.2, 0) is 19.3 Å². The van der Waals surface area contributed by atoms with E-state index in [4.69, 9.17) is 26.3 Å². The molecule has 2 fully saturated rings. The van der Waals surface area contributed by atoms with Crippen molar-refractivity contribution in [2.75, 3.05) is 35.3 Å². The molecule has 6 rings (SSSR count). The molecule has 2 aromatic carbocycles. The lowest BCUT2D eigenvalue weighted by molar-refractivity contribution is 0.0985. The van der Waals surface area contributed by atoms with E-state index in [-0.39, 0.29) is 10.9 Å². The molecule has 0 bridgehead atoms. The van der Waals surface area contributed by atoms with E-state index < -0.39 is 20.6 Å². The number of urea groups is 1. The van der Waals surface area contributed by atoms with Crippen LogP contribution in [0.2, 0.25) is 5.02 Å². The fraction of sp³-hybridized carbons (Fsp3) is 0.267. The predicted octanol–water partition coefficient (Wildman–Crippen LogP) is 5.52. The molecular weight excluding hydrogens is 576 g/mol. The summed E-state index contributed by atoms with van der Waals surface area (Å²) in [5.41, 5.74) is 1.72. The highest BCUT2D eigenvalue weighted by Crippen LogP contribution is 2.55. The van der Waals surface area contributed by atoms with E-state index in [2.05, 4.69) is 27.4 Å². The normalized spacial score (nSPS) is 17.9. The summed E-state index contributed by atoms with van der Waals surface area (Å²) in [6.45, 7) is 3.77. The minimum absolute atomic E-state index is 0.0570. The highest BCUT2D eigenvalue weighted by molar-refractivity contribution is 7.92. The molecule has 0 unspecified atom stereocenters. The van der Waals surface area contributed by atoms with Crippen molar-refractivity contribution in [2.45, 2.75) is 35.4 Å². The standard InChI is InChI=1S/C30H29ClN6O4S/c1-20-19-41-17-16-37(20)27-18-25(30(13-14-30)42(39,40)24-11-7-22(31)8-12-24)34-28(36-27)21-5-9-23(10-6-21)33-29(38)35-26-4-2-3-15-32-26/h2-12,15,18,20H,13-14,16-17,19H2,1H3,(H2,32,33,35,38)/t20-/m0/s1. The van der Waals surface area contributed by atoms with Crippen LogP contribution in [0.5, 0.6) is 0 Å². The van der Waals surface area contributed by atoms with E-state index in [9.17, 15) is 13.2 Å².